The van der Waals surface area contributed by atoms with Crippen LogP contribution < -0.4 is 16.0 Å². The molecule has 0 spiro atoms. The van der Waals surface area contributed by atoms with E-state index in [0.717, 1.165) is 30.6 Å². The van der Waals surface area contributed by atoms with Gasteiger partial charge in [-0.05, 0) is 24.5 Å². The minimum absolute atomic E-state index is 0.0266. The lowest BCUT2D eigenvalue weighted by Crippen LogP contribution is -2.55. The topological polar surface area (TPSA) is 58.4 Å². The van der Waals surface area contributed by atoms with Crippen LogP contribution in [0.25, 0.3) is 0 Å². The van der Waals surface area contributed by atoms with Crippen LogP contribution >= 0.6 is 0 Å². The van der Waals surface area contributed by atoms with Crippen LogP contribution in [0.4, 0.5) is 5.69 Å². The summed E-state index contributed by atoms with van der Waals surface area (Å²) in [6.07, 6.45) is 1.70. The molecule has 0 bridgehead atoms. The van der Waals surface area contributed by atoms with Crippen LogP contribution in [0.5, 0.6) is 0 Å². The lowest BCUT2D eigenvalue weighted by Gasteiger charge is -2.38. The number of benzene rings is 1. The second-order valence-electron chi connectivity index (χ2n) is 4.98. The normalized spacial score (nSPS) is 21.1. The molecule has 2 atom stereocenters. The van der Waals surface area contributed by atoms with Crippen molar-refractivity contribution in [3.8, 4) is 0 Å². The van der Waals surface area contributed by atoms with E-state index in [1.807, 2.05) is 19.1 Å². The fourth-order valence-corrected chi connectivity index (χ4v) is 2.69. The smallest absolute Gasteiger partial charge is 0.242 e. The number of piperazine rings is 1. The van der Waals surface area contributed by atoms with Gasteiger partial charge in [0.15, 0.2) is 0 Å². The molecule has 1 saturated heterocycles. The zero-order chi connectivity index (χ0) is 13.8. The fraction of sp³-hybridized carbons (Fsp3) is 0.533. The first-order chi connectivity index (χ1) is 9.19. The Morgan fingerprint density at radius 1 is 1.42 bits per heavy atom. The van der Waals surface area contributed by atoms with Gasteiger partial charge in [-0.1, -0.05) is 32.0 Å². The minimum Gasteiger partial charge on any atom is -0.357 e. The molecule has 19 heavy (non-hydrogen) atoms. The second kappa shape index (κ2) is 6.06. The molecule has 1 aliphatic heterocycles. The summed E-state index contributed by atoms with van der Waals surface area (Å²) in [5, 5.41) is 2.93. The number of para-hydroxylation sites is 1. The molecule has 1 aromatic rings. The van der Waals surface area contributed by atoms with E-state index in [9.17, 15) is 4.79 Å². The molecule has 1 amide bonds. The highest BCUT2D eigenvalue weighted by Gasteiger charge is 2.29. The molecule has 4 heteroatoms. The summed E-state index contributed by atoms with van der Waals surface area (Å²) in [7, 11) is 0. The lowest BCUT2D eigenvalue weighted by molar-refractivity contribution is -0.123. The average Bonchev–Trinajstić information content (AvgIpc) is 2.46. The molecular weight excluding hydrogens is 238 g/mol. The van der Waals surface area contributed by atoms with Crippen molar-refractivity contribution < 1.29 is 4.79 Å². The van der Waals surface area contributed by atoms with E-state index in [1.165, 1.54) is 0 Å². The van der Waals surface area contributed by atoms with E-state index < -0.39 is 0 Å². The standard InChI is InChI=1S/C15H23N3O/c1-3-12(16)11-7-5-6-8-14(11)18-10-9-17-15(19)13(18)4-2/h5-8,12-13H,3-4,9-10,16H2,1-2H3,(H,17,19). The Labute approximate surface area is 115 Å². The monoisotopic (exact) mass is 261 g/mol. The molecule has 2 rings (SSSR count). The van der Waals surface area contributed by atoms with Crippen LogP contribution in [-0.2, 0) is 4.79 Å². The zero-order valence-electron chi connectivity index (χ0n) is 11.7. The van der Waals surface area contributed by atoms with E-state index in [4.69, 9.17) is 5.73 Å². The predicted molar refractivity (Wildman–Crippen MR) is 78.1 cm³/mol. The van der Waals surface area contributed by atoms with Crippen LogP contribution in [0.1, 0.15) is 38.3 Å². The van der Waals surface area contributed by atoms with Gasteiger partial charge in [0.25, 0.3) is 0 Å². The second-order valence-corrected chi connectivity index (χ2v) is 4.98. The molecule has 104 valence electrons. The van der Waals surface area contributed by atoms with Crippen LogP contribution in [0, 0.1) is 0 Å². The van der Waals surface area contributed by atoms with Crippen LogP contribution in [0.2, 0.25) is 0 Å². The highest BCUT2D eigenvalue weighted by Crippen LogP contribution is 2.29. The number of hydrogen-bond acceptors (Lipinski definition) is 3. The number of carbonyl (C=O) groups excluding carboxylic acids is 1. The van der Waals surface area contributed by atoms with Gasteiger partial charge in [-0.15, -0.1) is 0 Å². The zero-order valence-corrected chi connectivity index (χ0v) is 11.7. The van der Waals surface area contributed by atoms with E-state index in [1.54, 1.807) is 0 Å². The lowest BCUT2D eigenvalue weighted by atomic mass is 10.00. The minimum atomic E-state index is -0.0843. The van der Waals surface area contributed by atoms with Gasteiger partial charge in [-0.3, -0.25) is 4.79 Å². The maximum Gasteiger partial charge on any atom is 0.242 e. The van der Waals surface area contributed by atoms with Crippen molar-refractivity contribution in [2.24, 2.45) is 5.73 Å². The number of nitrogens with zero attached hydrogens (tertiary/aromatic N) is 1. The van der Waals surface area contributed by atoms with Crippen molar-refractivity contribution in [1.82, 2.24) is 5.32 Å². The summed E-state index contributed by atoms with van der Waals surface area (Å²) < 4.78 is 0. The Balaban J connectivity index is 2.37. The summed E-state index contributed by atoms with van der Waals surface area (Å²) in [4.78, 5) is 14.2. The molecule has 1 aliphatic rings. The number of nitrogens with one attached hydrogen (secondary N) is 1. The maximum absolute atomic E-state index is 12.0. The molecule has 3 N–H and O–H groups in total. The molecule has 0 aromatic heterocycles. The molecule has 0 saturated carbocycles. The van der Waals surface area contributed by atoms with Crippen LogP contribution in [0.3, 0.4) is 0 Å². The molecule has 1 fully saturated rings. The number of rotatable bonds is 4. The van der Waals surface area contributed by atoms with Gasteiger partial charge >= 0.3 is 0 Å². The fourth-order valence-electron chi connectivity index (χ4n) is 2.69. The SMILES string of the molecule is CCC(N)c1ccccc1N1CCNC(=O)C1CC. The van der Waals surface area contributed by atoms with E-state index in [0.29, 0.717) is 6.54 Å². The molecule has 1 heterocycles. The van der Waals surface area contributed by atoms with Crippen molar-refractivity contribution in [3.05, 3.63) is 29.8 Å². The first-order valence-electron chi connectivity index (χ1n) is 7.07. The quantitative estimate of drug-likeness (QED) is 0.869. The molecule has 1 aromatic carbocycles. The van der Waals surface area contributed by atoms with Crippen molar-refractivity contribution in [2.45, 2.75) is 38.8 Å². The highest BCUT2D eigenvalue weighted by molar-refractivity contribution is 5.86. The highest BCUT2D eigenvalue weighted by atomic mass is 16.2. The largest absolute Gasteiger partial charge is 0.357 e. The van der Waals surface area contributed by atoms with Crippen LogP contribution in [0.15, 0.2) is 24.3 Å². The maximum atomic E-state index is 12.0. The third-order valence-corrected chi connectivity index (χ3v) is 3.80. The Bertz CT molecular complexity index is 447. The molecular formula is C15H23N3O. The van der Waals surface area contributed by atoms with Gasteiger partial charge in [0.05, 0.1) is 0 Å². The van der Waals surface area contributed by atoms with Gasteiger partial charge in [-0.2, -0.15) is 0 Å². The van der Waals surface area contributed by atoms with Crippen molar-refractivity contribution in [2.75, 3.05) is 18.0 Å². The van der Waals surface area contributed by atoms with Gasteiger partial charge in [0.1, 0.15) is 6.04 Å². The van der Waals surface area contributed by atoms with Gasteiger partial charge in [-0.25, -0.2) is 0 Å². The van der Waals surface area contributed by atoms with E-state index >= 15 is 0 Å². The third kappa shape index (κ3) is 2.73. The number of anilines is 1. The summed E-state index contributed by atoms with van der Waals surface area (Å²) in [6, 6.07) is 8.12. The summed E-state index contributed by atoms with van der Waals surface area (Å²) in [5.41, 5.74) is 8.44. The summed E-state index contributed by atoms with van der Waals surface area (Å²) in [5.74, 6) is 0.119. The van der Waals surface area contributed by atoms with Crippen molar-refractivity contribution >= 4 is 11.6 Å². The van der Waals surface area contributed by atoms with Crippen LogP contribution in [-0.4, -0.2) is 25.0 Å². The van der Waals surface area contributed by atoms with Gasteiger partial charge < -0.3 is 16.0 Å². The Morgan fingerprint density at radius 2 is 2.16 bits per heavy atom. The Morgan fingerprint density at radius 3 is 2.84 bits per heavy atom. The summed E-state index contributed by atoms with van der Waals surface area (Å²) in [6.45, 7) is 5.68. The molecule has 2 unspecified atom stereocenters. The first kappa shape index (κ1) is 13.9. The summed E-state index contributed by atoms with van der Waals surface area (Å²) >= 11 is 0. The Kier molecular flexibility index (Phi) is 4.43. The average molecular weight is 261 g/mol. The molecule has 0 radical (unpaired) electrons. The van der Waals surface area contributed by atoms with E-state index in [-0.39, 0.29) is 18.0 Å². The number of hydrogen-bond donors (Lipinski definition) is 2. The molecule has 0 aliphatic carbocycles. The van der Waals surface area contributed by atoms with Crippen molar-refractivity contribution in [3.63, 3.8) is 0 Å². The first-order valence-corrected chi connectivity index (χ1v) is 7.07. The number of nitrogens with two attached hydrogens (primary N) is 1. The predicted octanol–water partition coefficient (Wildman–Crippen LogP) is 1.81. The molecule has 4 nitrogen and oxygen atoms in total. The number of carbonyl (C=O) groups is 1. The Hall–Kier alpha value is -1.55. The van der Waals surface area contributed by atoms with Crippen molar-refractivity contribution in [1.29, 1.82) is 0 Å². The van der Waals surface area contributed by atoms with E-state index in [2.05, 4.69) is 29.3 Å². The van der Waals surface area contributed by atoms with Gasteiger partial charge in [0.2, 0.25) is 5.91 Å². The number of amides is 1. The van der Waals surface area contributed by atoms with Gasteiger partial charge in [0, 0.05) is 24.8 Å². The third-order valence-electron chi connectivity index (χ3n) is 3.80.